The summed E-state index contributed by atoms with van der Waals surface area (Å²) < 4.78 is 3.82. The van der Waals surface area contributed by atoms with E-state index in [9.17, 15) is 14.4 Å². The van der Waals surface area contributed by atoms with Gasteiger partial charge in [0.25, 0.3) is 5.91 Å². The molecule has 3 heterocycles. The molecule has 2 N–H and O–H groups in total. The van der Waals surface area contributed by atoms with Crippen molar-refractivity contribution in [3.05, 3.63) is 101 Å². The number of nitrogens with two attached hydrogens (primary N) is 1. The minimum Gasteiger partial charge on any atom is -0.370 e. The van der Waals surface area contributed by atoms with Crippen molar-refractivity contribution in [3.8, 4) is 5.00 Å². The molecule has 0 fully saturated rings. The lowest BCUT2D eigenvalue weighted by Crippen LogP contribution is -2.26. The quantitative estimate of drug-likeness (QED) is 0.295. The first-order chi connectivity index (χ1) is 17.9. The molecule has 0 atom stereocenters. The summed E-state index contributed by atoms with van der Waals surface area (Å²) >= 11 is 1.41. The molecule has 3 aromatic heterocycles. The second-order valence-corrected chi connectivity index (χ2v) is 9.69. The average Bonchev–Trinajstić information content (AvgIpc) is 3.66. The lowest BCUT2D eigenvalue weighted by molar-refractivity contribution is -0.118. The molecule has 2 aromatic carbocycles. The molecule has 0 aliphatic carbocycles. The molecule has 5 rings (SSSR count). The van der Waals surface area contributed by atoms with Crippen LogP contribution in [0.15, 0.2) is 85.2 Å². The molecule has 186 valence electrons. The summed E-state index contributed by atoms with van der Waals surface area (Å²) in [5, 5.41) is 0.950. The van der Waals surface area contributed by atoms with Gasteiger partial charge in [0, 0.05) is 43.7 Å². The molecule has 0 saturated carbocycles. The van der Waals surface area contributed by atoms with Gasteiger partial charge in [-0.15, -0.1) is 11.3 Å². The summed E-state index contributed by atoms with van der Waals surface area (Å²) in [5.74, 6) is -0.0831. The van der Waals surface area contributed by atoms with E-state index in [0.717, 1.165) is 10.5 Å². The number of aryl methyl sites for hydroxylation is 1. The fraction of sp³-hybridized carbons (Fsp3) is 0.143. The molecule has 0 saturated heterocycles. The van der Waals surface area contributed by atoms with E-state index in [-0.39, 0.29) is 24.5 Å². The normalized spacial score (nSPS) is 11.1. The molecule has 2 amide bonds. The van der Waals surface area contributed by atoms with Crippen LogP contribution in [-0.2, 0) is 17.8 Å². The number of primary amides is 1. The Morgan fingerprint density at radius 3 is 2.46 bits per heavy atom. The molecule has 37 heavy (non-hydrogen) atoms. The smallest absolute Gasteiger partial charge is 0.258 e. The highest BCUT2D eigenvalue weighted by Gasteiger charge is 2.20. The van der Waals surface area contributed by atoms with Crippen molar-refractivity contribution in [2.45, 2.75) is 19.4 Å². The van der Waals surface area contributed by atoms with E-state index in [2.05, 4.69) is 0 Å². The van der Waals surface area contributed by atoms with Crippen molar-refractivity contribution in [2.75, 3.05) is 11.9 Å². The van der Waals surface area contributed by atoms with Crippen LogP contribution < -0.4 is 10.6 Å². The van der Waals surface area contributed by atoms with Gasteiger partial charge in [-0.25, -0.2) is 4.98 Å². The summed E-state index contributed by atoms with van der Waals surface area (Å²) in [6.45, 7) is 0.311. The van der Waals surface area contributed by atoms with Crippen LogP contribution in [0.3, 0.4) is 0 Å². The summed E-state index contributed by atoms with van der Waals surface area (Å²) in [7, 11) is 1.71. The van der Waals surface area contributed by atoms with Crippen LogP contribution in [0.5, 0.6) is 0 Å². The minimum atomic E-state index is -0.432. The maximum Gasteiger partial charge on any atom is 0.258 e. The number of carbonyl (C=O) groups is 3. The van der Waals surface area contributed by atoms with Crippen LogP contribution in [0, 0.1) is 0 Å². The van der Waals surface area contributed by atoms with E-state index in [1.165, 1.54) is 11.3 Å². The van der Waals surface area contributed by atoms with Crippen LogP contribution in [0.1, 0.15) is 32.3 Å². The van der Waals surface area contributed by atoms with Gasteiger partial charge >= 0.3 is 0 Å². The maximum atomic E-state index is 13.2. The number of thiophene rings is 1. The fourth-order valence-corrected chi connectivity index (χ4v) is 5.11. The Hall–Kier alpha value is -4.50. The Balaban J connectivity index is 1.45. The zero-order valence-electron chi connectivity index (χ0n) is 20.2. The van der Waals surface area contributed by atoms with E-state index in [1.54, 1.807) is 24.1 Å². The lowest BCUT2D eigenvalue weighted by atomic mass is 10.2. The number of amides is 2. The van der Waals surface area contributed by atoms with Gasteiger partial charge in [-0.3, -0.25) is 14.4 Å². The predicted molar refractivity (Wildman–Crippen MR) is 144 cm³/mol. The van der Waals surface area contributed by atoms with Gasteiger partial charge < -0.3 is 19.8 Å². The first kappa shape index (κ1) is 24.2. The molecule has 0 unspecified atom stereocenters. The number of hydrogen-bond donors (Lipinski definition) is 1. The Morgan fingerprint density at radius 1 is 0.973 bits per heavy atom. The third-order valence-corrected chi connectivity index (χ3v) is 7.29. The van der Waals surface area contributed by atoms with Crippen LogP contribution >= 0.6 is 11.3 Å². The van der Waals surface area contributed by atoms with E-state index in [4.69, 9.17) is 10.7 Å². The lowest BCUT2D eigenvalue weighted by Gasteiger charge is -2.17. The number of benzene rings is 2. The Labute approximate surface area is 217 Å². The number of anilines is 1. The second-order valence-electron chi connectivity index (χ2n) is 8.63. The summed E-state index contributed by atoms with van der Waals surface area (Å²) in [5.41, 5.74) is 8.08. The van der Waals surface area contributed by atoms with Crippen LogP contribution in [0.2, 0.25) is 0 Å². The molecule has 0 aliphatic heterocycles. The molecular formula is C28H25N5O3S. The standard InChI is InChI=1S/C28H25N5O3S/c1-31(28(36)19-7-3-2-4-8-19)20-9-10-22-21(17-20)30-26(33(22)16-13-25(29)35)18-23(34)24-11-12-27(37-24)32-14-5-6-15-32/h2-12,14-15,17H,13,16,18H2,1H3,(H2,29,35). The van der Waals surface area contributed by atoms with Crippen molar-refractivity contribution < 1.29 is 14.4 Å². The number of hydrogen-bond acceptors (Lipinski definition) is 5. The monoisotopic (exact) mass is 511 g/mol. The van der Waals surface area contributed by atoms with Gasteiger partial charge in [0.05, 0.1) is 27.3 Å². The number of carbonyl (C=O) groups excluding carboxylic acids is 3. The topological polar surface area (TPSA) is 103 Å². The predicted octanol–water partition coefficient (Wildman–Crippen LogP) is 4.47. The van der Waals surface area contributed by atoms with Gasteiger partial charge in [-0.1, -0.05) is 18.2 Å². The zero-order chi connectivity index (χ0) is 25.9. The summed E-state index contributed by atoms with van der Waals surface area (Å²) in [6.07, 6.45) is 4.06. The molecule has 0 radical (unpaired) electrons. The molecule has 0 bridgehead atoms. The minimum absolute atomic E-state index is 0.0596. The number of Topliss-reactive ketones (excluding diaryl/α,β-unsaturated/α-hetero) is 1. The molecule has 0 aliphatic rings. The molecule has 0 spiro atoms. The maximum absolute atomic E-state index is 13.2. The summed E-state index contributed by atoms with van der Waals surface area (Å²) in [4.78, 5) is 44.6. The van der Waals surface area contributed by atoms with Crippen LogP contribution in [0.4, 0.5) is 5.69 Å². The highest BCUT2D eigenvalue weighted by atomic mass is 32.1. The number of rotatable bonds is 9. The van der Waals surface area contributed by atoms with E-state index in [1.807, 2.05) is 82.2 Å². The summed E-state index contributed by atoms with van der Waals surface area (Å²) in [6, 6.07) is 22.2. The largest absolute Gasteiger partial charge is 0.370 e. The Bertz CT molecular complexity index is 1580. The van der Waals surface area contributed by atoms with Crippen LogP contribution in [-0.4, -0.2) is 38.8 Å². The first-order valence-corrected chi connectivity index (χ1v) is 12.6. The highest BCUT2D eigenvalue weighted by molar-refractivity contribution is 7.16. The number of aromatic nitrogens is 3. The molecular weight excluding hydrogens is 486 g/mol. The first-order valence-electron chi connectivity index (χ1n) is 11.8. The Morgan fingerprint density at radius 2 is 1.73 bits per heavy atom. The van der Waals surface area contributed by atoms with Gasteiger partial charge in [0.1, 0.15) is 5.82 Å². The third-order valence-electron chi connectivity index (χ3n) is 6.15. The van der Waals surface area contributed by atoms with E-state index < -0.39 is 5.91 Å². The molecule has 5 aromatic rings. The number of imidazole rings is 1. The van der Waals surface area contributed by atoms with E-state index >= 15 is 0 Å². The Kier molecular flexibility index (Phi) is 6.70. The second kappa shape index (κ2) is 10.2. The van der Waals surface area contributed by atoms with Crippen molar-refractivity contribution >= 4 is 45.7 Å². The van der Waals surface area contributed by atoms with Crippen molar-refractivity contribution in [2.24, 2.45) is 5.73 Å². The van der Waals surface area contributed by atoms with Crippen molar-refractivity contribution in [1.29, 1.82) is 0 Å². The van der Waals surface area contributed by atoms with Crippen LogP contribution in [0.25, 0.3) is 16.0 Å². The van der Waals surface area contributed by atoms with Gasteiger partial charge in [0.15, 0.2) is 5.78 Å². The highest BCUT2D eigenvalue weighted by Crippen LogP contribution is 2.26. The van der Waals surface area contributed by atoms with Crippen molar-refractivity contribution in [3.63, 3.8) is 0 Å². The molecule has 8 nitrogen and oxygen atoms in total. The van der Waals surface area contributed by atoms with Gasteiger partial charge in [0.2, 0.25) is 5.91 Å². The van der Waals surface area contributed by atoms with E-state index in [0.29, 0.717) is 34.0 Å². The van der Waals surface area contributed by atoms with Crippen molar-refractivity contribution in [1.82, 2.24) is 14.1 Å². The number of ketones is 1. The number of nitrogens with zero attached hydrogens (tertiary/aromatic N) is 4. The zero-order valence-corrected chi connectivity index (χ0v) is 21.0. The fourth-order valence-electron chi connectivity index (χ4n) is 4.20. The third kappa shape index (κ3) is 5.07. The van der Waals surface area contributed by atoms with Gasteiger partial charge in [-0.05, 0) is 54.6 Å². The average molecular weight is 512 g/mol. The number of fused-ring (bicyclic) bond motifs is 1. The SMILES string of the molecule is CN(C(=O)c1ccccc1)c1ccc2c(c1)nc(CC(=O)c1ccc(-n3cccc3)s1)n2CCC(N)=O. The van der Waals surface area contributed by atoms with Gasteiger partial charge in [-0.2, -0.15) is 0 Å². The molecule has 9 heteroatoms.